The van der Waals surface area contributed by atoms with Crippen molar-refractivity contribution in [3.63, 3.8) is 0 Å². The van der Waals surface area contributed by atoms with Crippen molar-refractivity contribution in [1.82, 2.24) is 4.31 Å². The van der Waals surface area contributed by atoms with Gasteiger partial charge in [-0.25, -0.2) is 17.2 Å². The van der Waals surface area contributed by atoms with Gasteiger partial charge in [0.2, 0.25) is 10.0 Å². The Balaban J connectivity index is 1.48. The second-order valence-electron chi connectivity index (χ2n) is 7.93. The molecule has 1 unspecified atom stereocenters. The number of nitrogens with zero attached hydrogens (tertiary/aromatic N) is 1. The number of anilines is 1. The van der Waals surface area contributed by atoms with Crippen LogP contribution in [-0.4, -0.2) is 37.8 Å². The summed E-state index contributed by atoms with van der Waals surface area (Å²) in [5.74, 6) is -3.38. The van der Waals surface area contributed by atoms with Crippen LogP contribution in [0.25, 0.3) is 0 Å². The van der Waals surface area contributed by atoms with E-state index in [4.69, 9.17) is 4.74 Å². The molecule has 1 atom stereocenters. The number of hydrogen-bond acceptors (Lipinski definition) is 5. The van der Waals surface area contributed by atoms with Gasteiger partial charge in [-0.05, 0) is 41.8 Å². The van der Waals surface area contributed by atoms with Crippen LogP contribution in [0.5, 0.6) is 0 Å². The molecule has 1 aliphatic heterocycles. The quantitative estimate of drug-likeness (QED) is 0.498. The first-order valence-corrected chi connectivity index (χ1v) is 12.2. The van der Waals surface area contributed by atoms with E-state index in [-0.39, 0.29) is 23.5 Å². The smallest absolute Gasteiger partial charge is 0.308 e. The molecule has 3 aromatic rings. The zero-order valence-corrected chi connectivity index (χ0v) is 19.3. The Labute approximate surface area is 201 Å². The molecule has 1 amide bonds. The molecule has 0 radical (unpaired) electrons. The Kier molecular flexibility index (Phi) is 7.23. The van der Waals surface area contributed by atoms with Gasteiger partial charge < -0.3 is 10.1 Å². The molecular weight excluding hydrogens is 478 g/mol. The van der Waals surface area contributed by atoms with Crippen molar-refractivity contribution < 1.29 is 31.5 Å². The van der Waals surface area contributed by atoms with E-state index >= 15 is 0 Å². The predicted octanol–water partition coefficient (Wildman–Crippen LogP) is 3.82. The van der Waals surface area contributed by atoms with Gasteiger partial charge in [0, 0.05) is 12.6 Å². The molecular formula is C25H22F2N2O5S. The van der Waals surface area contributed by atoms with Gasteiger partial charge in [0.25, 0.3) is 5.91 Å². The summed E-state index contributed by atoms with van der Waals surface area (Å²) in [5, 5.41) is 2.20. The van der Waals surface area contributed by atoms with Crippen molar-refractivity contribution in [2.45, 2.75) is 23.8 Å². The number of ether oxygens (including phenoxy) is 1. The lowest BCUT2D eigenvalue weighted by Gasteiger charge is -2.36. The summed E-state index contributed by atoms with van der Waals surface area (Å²) in [7, 11) is -3.91. The number of carbonyl (C=O) groups excluding carboxylic acids is 2. The zero-order valence-electron chi connectivity index (χ0n) is 18.5. The van der Waals surface area contributed by atoms with Crippen LogP contribution < -0.4 is 5.32 Å². The maximum Gasteiger partial charge on any atom is 0.308 e. The molecule has 0 aromatic heterocycles. The number of nitrogens with one attached hydrogen (secondary N) is 1. The number of esters is 1. The lowest BCUT2D eigenvalue weighted by Crippen LogP contribution is -2.41. The highest BCUT2D eigenvalue weighted by Crippen LogP contribution is 2.36. The second kappa shape index (κ2) is 10.3. The van der Waals surface area contributed by atoms with E-state index in [1.807, 2.05) is 12.1 Å². The second-order valence-corrected chi connectivity index (χ2v) is 9.82. The summed E-state index contributed by atoms with van der Waals surface area (Å²) < 4.78 is 59.8. The van der Waals surface area contributed by atoms with Crippen molar-refractivity contribution in [1.29, 1.82) is 0 Å². The van der Waals surface area contributed by atoms with Gasteiger partial charge in [0.1, 0.15) is 11.6 Å². The highest BCUT2D eigenvalue weighted by molar-refractivity contribution is 7.89. The Hall–Kier alpha value is -3.63. The third kappa shape index (κ3) is 5.55. The number of sulfonamides is 1. The third-order valence-electron chi connectivity index (χ3n) is 5.64. The van der Waals surface area contributed by atoms with Crippen LogP contribution in [-0.2, 0) is 30.8 Å². The van der Waals surface area contributed by atoms with Gasteiger partial charge in [-0.15, -0.1) is 0 Å². The first-order chi connectivity index (χ1) is 16.8. The summed E-state index contributed by atoms with van der Waals surface area (Å²) in [5.41, 5.74) is 1.36. The van der Waals surface area contributed by atoms with Crippen molar-refractivity contribution in [3.8, 4) is 0 Å². The fourth-order valence-electron chi connectivity index (χ4n) is 4.00. The molecule has 4 rings (SSSR count). The molecule has 1 heterocycles. The van der Waals surface area contributed by atoms with Gasteiger partial charge in [-0.1, -0.05) is 42.5 Å². The molecule has 0 spiro atoms. The van der Waals surface area contributed by atoms with Gasteiger partial charge in [0.05, 0.1) is 23.0 Å². The minimum absolute atomic E-state index is 0.110. The average Bonchev–Trinajstić information content (AvgIpc) is 2.85. The third-order valence-corrected chi connectivity index (χ3v) is 7.56. The normalized spacial score (nSPS) is 15.8. The molecule has 0 aliphatic carbocycles. The summed E-state index contributed by atoms with van der Waals surface area (Å²) in [4.78, 5) is 24.9. The number of rotatable bonds is 7. The van der Waals surface area contributed by atoms with Crippen molar-refractivity contribution in [3.05, 3.63) is 95.6 Å². The lowest BCUT2D eigenvalue weighted by atomic mass is 9.92. The number of hydrogen-bond donors (Lipinski definition) is 1. The van der Waals surface area contributed by atoms with E-state index in [0.717, 1.165) is 17.7 Å². The van der Waals surface area contributed by atoms with Crippen LogP contribution in [0.15, 0.2) is 77.7 Å². The van der Waals surface area contributed by atoms with E-state index in [1.54, 1.807) is 30.3 Å². The van der Waals surface area contributed by atoms with E-state index in [9.17, 15) is 26.8 Å². The van der Waals surface area contributed by atoms with Crippen LogP contribution in [0.3, 0.4) is 0 Å². The van der Waals surface area contributed by atoms with E-state index in [2.05, 4.69) is 5.32 Å². The number of benzene rings is 3. The Morgan fingerprint density at radius 2 is 1.71 bits per heavy atom. The SMILES string of the molecule is O=C(COC(=O)CC1c2ccccc2CCN1S(=O)(=O)c1ccccc1)Nc1ccc(F)cc1F. The topological polar surface area (TPSA) is 92.8 Å². The summed E-state index contributed by atoms with van der Waals surface area (Å²) >= 11 is 0. The molecule has 3 aromatic carbocycles. The zero-order chi connectivity index (χ0) is 25.0. The van der Waals surface area contributed by atoms with E-state index in [0.29, 0.717) is 18.1 Å². The summed E-state index contributed by atoms with van der Waals surface area (Å²) in [6.45, 7) is -0.536. The van der Waals surface area contributed by atoms with Crippen LogP contribution in [0, 0.1) is 11.6 Å². The summed E-state index contributed by atoms with van der Waals surface area (Å²) in [6.07, 6.45) is 0.167. The molecule has 0 saturated carbocycles. The van der Waals surface area contributed by atoms with Crippen molar-refractivity contribution in [2.24, 2.45) is 0 Å². The molecule has 0 fully saturated rings. The number of carbonyl (C=O) groups is 2. The maximum atomic E-state index is 13.7. The molecule has 35 heavy (non-hydrogen) atoms. The predicted molar refractivity (Wildman–Crippen MR) is 124 cm³/mol. The summed E-state index contributed by atoms with van der Waals surface area (Å²) in [6, 6.07) is 17.0. The average molecular weight is 501 g/mol. The van der Waals surface area contributed by atoms with Gasteiger partial charge in [-0.2, -0.15) is 4.31 Å². The van der Waals surface area contributed by atoms with Crippen molar-refractivity contribution in [2.75, 3.05) is 18.5 Å². The standard InChI is InChI=1S/C25H22F2N2O5S/c26-18-10-11-22(21(27)14-18)28-24(30)16-34-25(31)15-23-20-9-5-4-6-17(20)12-13-29(23)35(32,33)19-7-2-1-3-8-19/h1-11,14,23H,12-13,15-16H2,(H,28,30). The van der Waals surface area contributed by atoms with Crippen LogP contribution in [0.2, 0.25) is 0 Å². The fourth-order valence-corrected chi connectivity index (χ4v) is 5.62. The molecule has 182 valence electrons. The Bertz CT molecular complexity index is 1350. The molecule has 1 N–H and O–H groups in total. The Morgan fingerprint density at radius 1 is 1.00 bits per heavy atom. The van der Waals surface area contributed by atoms with Crippen LogP contribution in [0.1, 0.15) is 23.6 Å². The van der Waals surface area contributed by atoms with Gasteiger partial charge in [0.15, 0.2) is 6.61 Å². The van der Waals surface area contributed by atoms with E-state index < -0.39 is 46.2 Å². The number of fused-ring (bicyclic) bond motifs is 1. The van der Waals surface area contributed by atoms with Crippen LogP contribution in [0.4, 0.5) is 14.5 Å². The number of halogens is 2. The van der Waals surface area contributed by atoms with E-state index in [1.165, 1.54) is 16.4 Å². The minimum atomic E-state index is -3.91. The highest BCUT2D eigenvalue weighted by atomic mass is 32.2. The maximum absolute atomic E-state index is 13.7. The first kappa shape index (κ1) is 24.5. The van der Waals surface area contributed by atoms with Gasteiger partial charge in [-0.3, -0.25) is 9.59 Å². The van der Waals surface area contributed by atoms with Crippen LogP contribution >= 0.6 is 0 Å². The highest BCUT2D eigenvalue weighted by Gasteiger charge is 2.37. The minimum Gasteiger partial charge on any atom is -0.456 e. The fraction of sp³-hybridized carbons (Fsp3) is 0.200. The molecule has 1 aliphatic rings. The molecule has 10 heteroatoms. The monoisotopic (exact) mass is 500 g/mol. The molecule has 0 bridgehead atoms. The largest absolute Gasteiger partial charge is 0.456 e. The first-order valence-electron chi connectivity index (χ1n) is 10.8. The lowest BCUT2D eigenvalue weighted by molar-refractivity contribution is -0.148. The van der Waals surface area contributed by atoms with Gasteiger partial charge >= 0.3 is 5.97 Å². The Morgan fingerprint density at radius 3 is 2.46 bits per heavy atom. The molecule has 0 saturated heterocycles. The molecule has 7 nitrogen and oxygen atoms in total. The number of amides is 1. The van der Waals surface area contributed by atoms with Crippen molar-refractivity contribution >= 4 is 27.6 Å².